The number of ether oxygens (including phenoxy) is 1. The van der Waals surface area contributed by atoms with E-state index in [0.29, 0.717) is 12.1 Å². The molecule has 0 spiro atoms. The molecular weight excluding hydrogens is 459 g/mol. The number of nitrogens with zero attached hydrogens (tertiary/aromatic N) is 3. The van der Waals surface area contributed by atoms with E-state index in [2.05, 4.69) is 9.88 Å². The first-order valence-electron chi connectivity index (χ1n) is 11.9. The fraction of sp³-hybridized carbons (Fsp3) is 0.538. The number of hydrogen-bond donors (Lipinski definition) is 1. The van der Waals surface area contributed by atoms with Crippen molar-refractivity contribution in [2.75, 3.05) is 24.5 Å². The van der Waals surface area contributed by atoms with Crippen LogP contribution in [0, 0.1) is 5.92 Å². The molecule has 1 N–H and O–H groups in total. The molecule has 2 saturated heterocycles. The third kappa shape index (κ3) is 4.96. The Kier molecular flexibility index (Phi) is 6.51. The lowest BCUT2D eigenvalue weighted by Crippen LogP contribution is -2.67. The molecule has 2 aliphatic heterocycles. The van der Waals surface area contributed by atoms with Gasteiger partial charge in [0.05, 0.1) is 23.5 Å². The third-order valence-corrected chi connectivity index (χ3v) is 6.70. The van der Waals surface area contributed by atoms with E-state index in [1.54, 1.807) is 27.0 Å². The zero-order valence-electron chi connectivity index (χ0n) is 20.5. The number of anilines is 1. The fourth-order valence-electron chi connectivity index (χ4n) is 5.04. The van der Waals surface area contributed by atoms with Crippen LogP contribution < -0.4 is 4.90 Å². The second kappa shape index (κ2) is 9.00. The van der Waals surface area contributed by atoms with E-state index in [0.717, 1.165) is 43.8 Å². The Hall–Kier alpha value is -2.81. The second-order valence-corrected chi connectivity index (χ2v) is 10.5. The van der Waals surface area contributed by atoms with Crippen molar-refractivity contribution in [2.45, 2.75) is 64.0 Å². The van der Waals surface area contributed by atoms with Gasteiger partial charge in [0, 0.05) is 31.4 Å². The first kappa shape index (κ1) is 25.3. The third-order valence-electron chi connectivity index (χ3n) is 6.70. The Morgan fingerprint density at radius 2 is 1.63 bits per heavy atom. The largest absolute Gasteiger partial charge is 0.444 e. The van der Waals surface area contributed by atoms with Gasteiger partial charge in [-0.15, -0.1) is 0 Å². The van der Waals surface area contributed by atoms with E-state index in [4.69, 9.17) is 4.74 Å². The lowest BCUT2D eigenvalue weighted by atomic mass is 9.70. The monoisotopic (exact) mass is 491 g/mol. The number of rotatable bonds is 4. The molecule has 0 saturated carbocycles. The zero-order chi connectivity index (χ0) is 25.6. The summed E-state index contributed by atoms with van der Waals surface area (Å²) in [5.41, 5.74) is -1.81. The maximum atomic E-state index is 13.2. The topological polar surface area (TPSA) is 65.9 Å². The molecule has 4 rings (SSSR count). The van der Waals surface area contributed by atoms with Crippen LogP contribution in [-0.4, -0.2) is 52.4 Å². The van der Waals surface area contributed by atoms with E-state index in [1.807, 2.05) is 13.0 Å². The van der Waals surface area contributed by atoms with Gasteiger partial charge in [-0.05, 0) is 63.3 Å². The highest BCUT2D eigenvalue weighted by Crippen LogP contribution is 2.45. The van der Waals surface area contributed by atoms with Gasteiger partial charge in [-0.1, -0.05) is 19.1 Å². The quantitative estimate of drug-likeness (QED) is 0.638. The molecule has 0 aliphatic carbocycles. The number of carbonyl (C=O) groups excluding carboxylic acids is 1. The molecular formula is C26H32F3N3O3. The molecule has 2 fully saturated rings. The maximum Gasteiger partial charge on any atom is 0.416 e. The molecule has 0 bridgehead atoms. The first-order valence-corrected chi connectivity index (χ1v) is 11.9. The molecule has 1 aromatic carbocycles. The first-order chi connectivity index (χ1) is 16.3. The number of hydrogen-bond acceptors (Lipinski definition) is 5. The number of pyridine rings is 1. The van der Waals surface area contributed by atoms with Crippen LogP contribution in [0.25, 0.3) is 0 Å². The highest BCUT2D eigenvalue weighted by Gasteiger charge is 2.55. The van der Waals surface area contributed by atoms with Gasteiger partial charge in [0.15, 0.2) is 0 Å². The number of halogens is 3. The summed E-state index contributed by atoms with van der Waals surface area (Å²) in [5, 5.41) is 12.3. The van der Waals surface area contributed by atoms with Crippen LogP contribution in [0.2, 0.25) is 0 Å². The number of aromatic nitrogens is 1. The number of carbonyl (C=O) groups is 1. The van der Waals surface area contributed by atoms with Crippen molar-refractivity contribution in [3.8, 4) is 0 Å². The van der Waals surface area contributed by atoms with Crippen molar-refractivity contribution in [2.24, 2.45) is 5.92 Å². The summed E-state index contributed by atoms with van der Waals surface area (Å²) in [7, 11) is 0. The van der Waals surface area contributed by atoms with Crippen molar-refractivity contribution in [1.82, 2.24) is 9.88 Å². The number of amides is 1. The minimum Gasteiger partial charge on any atom is -0.444 e. The van der Waals surface area contributed by atoms with Crippen LogP contribution >= 0.6 is 0 Å². The fourth-order valence-corrected chi connectivity index (χ4v) is 5.04. The minimum absolute atomic E-state index is 0.134. The van der Waals surface area contributed by atoms with E-state index in [1.165, 1.54) is 23.2 Å². The van der Waals surface area contributed by atoms with Gasteiger partial charge in [-0.25, -0.2) is 4.79 Å². The van der Waals surface area contributed by atoms with Crippen molar-refractivity contribution >= 4 is 11.8 Å². The summed E-state index contributed by atoms with van der Waals surface area (Å²) in [6.07, 6.45) is 0.279. The summed E-state index contributed by atoms with van der Waals surface area (Å²) in [4.78, 5) is 21.0. The average molecular weight is 492 g/mol. The van der Waals surface area contributed by atoms with Gasteiger partial charge in [-0.3, -0.25) is 4.98 Å². The molecule has 1 amide bonds. The van der Waals surface area contributed by atoms with E-state index >= 15 is 0 Å². The SMILES string of the molecule is CC1CN(C(=O)OC(C)(C)C)C1C(O)(c1ccc(C(F)(F)F)cc1)c1cncc(N2CCCC2)c1. The molecule has 0 radical (unpaired) electrons. The van der Waals surface area contributed by atoms with Crippen molar-refractivity contribution in [1.29, 1.82) is 0 Å². The number of likely N-dealkylation sites (tertiary alicyclic amines) is 1. The standard InChI is InChI=1S/C26H32F3N3O3/c1-17-16-32(23(33)35-24(2,3)4)22(17)25(34,18-7-9-19(10-8-18)26(27,28)29)20-13-21(15-30-14-20)31-11-5-6-12-31/h7-10,13-15,17,22,34H,5-6,11-12,16H2,1-4H3. The van der Waals surface area contributed by atoms with E-state index < -0.39 is 35.1 Å². The van der Waals surface area contributed by atoms with Crippen LogP contribution in [0.1, 0.15) is 57.2 Å². The van der Waals surface area contributed by atoms with Crippen LogP contribution in [0.3, 0.4) is 0 Å². The highest BCUT2D eigenvalue weighted by molar-refractivity contribution is 5.70. The van der Waals surface area contributed by atoms with E-state index in [-0.39, 0.29) is 11.5 Å². The predicted octanol–water partition coefficient (Wildman–Crippen LogP) is 5.19. The Morgan fingerprint density at radius 1 is 1.03 bits per heavy atom. The summed E-state index contributed by atoms with van der Waals surface area (Å²) in [6.45, 7) is 9.28. The molecule has 3 unspecified atom stereocenters. The molecule has 6 nitrogen and oxygen atoms in total. The Bertz CT molecular complexity index is 1060. The maximum absolute atomic E-state index is 13.2. The predicted molar refractivity (Wildman–Crippen MR) is 126 cm³/mol. The zero-order valence-corrected chi connectivity index (χ0v) is 20.5. The van der Waals surface area contributed by atoms with Crippen LogP contribution in [0.5, 0.6) is 0 Å². The Morgan fingerprint density at radius 3 is 2.17 bits per heavy atom. The Balaban J connectivity index is 1.79. The van der Waals surface area contributed by atoms with Gasteiger partial charge in [0.1, 0.15) is 11.2 Å². The summed E-state index contributed by atoms with van der Waals surface area (Å²) < 4.78 is 45.3. The molecule has 3 atom stereocenters. The molecule has 190 valence electrons. The highest BCUT2D eigenvalue weighted by atomic mass is 19.4. The molecule has 3 heterocycles. The second-order valence-electron chi connectivity index (χ2n) is 10.5. The normalized spacial score (nSPS) is 22.5. The van der Waals surface area contributed by atoms with Crippen molar-refractivity contribution in [3.05, 3.63) is 59.4 Å². The molecule has 2 aliphatic rings. The van der Waals surface area contributed by atoms with Crippen molar-refractivity contribution < 1.29 is 27.8 Å². The smallest absolute Gasteiger partial charge is 0.416 e. The van der Waals surface area contributed by atoms with E-state index in [9.17, 15) is 23.1 Å². The van der Waals surface area contributed by atoms with Crippen LogP contribution in [-0.2, 0) is 16.5 Å². The van der Waals surface area contributed by atoms with Gasteiger partial charge < -0.3 is 19.6 Å². The van der Waals surface area contributed by atoms with Crippen molar-refractivity contribution in [3.63, 3.8) is 0 Å². The lowest BCUT2D eigenvalue weighted by Gasteiger charge is -2.54. The Labute approximate surface area is 203 Å². The van der Waals surface area contributed by atoms with Gasteiger partial charge in [-0.2, -0.15) is 13.2 Å². The number of alkyl halides is 3. The molecule has 9 heteroatoms. The van der Waals surface area contributed by atoms with Gasteiger partial charge >= 0.3 is 12.3 Å². The van der Waals surface area contributed by atoms with Crippen LogP contribution in [0.15, 0.2) is 42.7 Å². The number of aliphatic hydroxyl groups is 1. The number of benzene rings is 1. The van der Waals surface area contributed by atoms with Gasteiger partial charge in [0.2, 0.25) is 0 Å². The summed E-state index contributed by atoms with van der Waals surface area (Å²) >= 11 is 0. The van der Waals surface area contributed by atoms with Crippen LogP contribution in [0.4, 0.5) is 23.7 Å². The molecule has 1 aromatic heterocycles. The molecule has 35 heavy (non-hydrogen) atoms. The molecule has 2 aromatic rings. The summed E-state index contributed by atoms with van der Waals surface area (Å²) in [5.74, 6) is -0.134. The summed E-state index contributed by atoms with van der Waals surface area (Å²) in [6, 6.07) is 5.56. The van der Waals surface area contributed by atoms with Gasteiger partial charge in [0.25, 0.3) is 0 Å². The minimum atomic E-state index is -4.50. The lowest BCUT2D eigenvalue weighted by molar-refractivity contribution is -0.137. The average Bonchev–Trinajstić information content (AvgIpc) is 3.30.